The molecule has 86 valence electrons. The summed E-state index contributed by atoms with van der Waals surface area (Å²) in [6.45, 7) is 6.03. The first kappa shape index (κ1) is 11.4. The number of nitrogens with zero attached hydrogens (tertiary/aromatic N) is 3. The van der Waals surface area contributed by atoms with Gasteiger partial charge in [0.1, 0.15) is 6.20 Å². The number of thioether (sulfide) groups is 1. The summed E-state index contributed by atoms with van der Waals surface area (Å²) in [4.78, 5) is 15.6. The fourth-order valence-electron chi connectivity index (χ4n) is 1.28. The lowest BCUT2D eigenvalue weighted by Gasteiger charge is -2.14. The molecule has 16 heavy (non-hydrogen) atoms. The molecule has 0 aliphatic carbocycles. The molecule has 0 aliphatic heterocycles. The van der Waals surface area contributed by atoms with Gasteiger partial charge in [-0.05, 0) is 4.92 Å². The Morgan fingerprint density at radius 1 is 1.56 bits per heavy atom. The lowest BCUT2D eigenvalue weighted by atomic mass is 10.3. The highest BCUT2D eigenvalue weighted by molar-refractivity contribution is 8.00. The number of hydrogen-bond donors (Lipinski definition) is 0. The van der Waals surface area contributed by atoms with E-state index in [-0.39, 0.29) is 15.5 Å². The Morgan fingerprint density at radius 2 is 2.25 bits per heavy atom. The Balaban J connectivity index is 2.55. The molecular weight excluding hydrogens is 246 g/mol. The summed E-state index contributed by atoms with van der Waals surface area (Å²) in [5.74, 6) is 0.0659. The molecule has 7 heteroatoms. The van der Waals surface area contributed by atoms with Crippen molar-refractivity contribution < 1.29 is 4.92 Å². The van der Waals surface area contributed by atoms with Gasteiger partial charge in [0, 0.05) is 10.1 Å². The highest BCUT2D eigenvalue weighted by Crippen LogP contribution is 2.38. The summed E-state index contributed by atoms with van der Waals surface area (Å²) in [5.41, 5.74) is 0. The Morgan fingerprint density at radius 3 is 2.81 bits per heavy atom. The molecule has 2 aromatic heterocycles. The Labute approximate surface area is 101 Å². The zero-order chi connectivity index (χ0) is 11.9. The molecule has 5 nitrogen and oxygen atoms in total. The van der Waals surface area contributed by atoms with Gasteiger partial charge in [-0.25, -0.2) is 0 Å². The maximum absolute atomic E-state index is 11.0. The molecule has 0 spiro atoms. The maximum Gasteiger partial charge on any atom is 0.362 e. The van der Waals surface area contributed by atoms with Gasteiger partial charge >= 0.3 is 5.82 Å². The highest BCUT2D eigenvalue weighted by atomic mass is 32.2. The van der Waals surface area contributed by atoms with Crippen LogP contribution >= 0.6 is 23.1 Å². The zero-order valence-corrected chi connectivity index (χ0v) is 10.8. The summed E-state index contributed by atoms with van der Waals surface area (Å²) in [5, 5.41) is 13.3. The van der Waals surface area contributed by atoms with Gasteiger partial charge in [-0.1, -0.05) is 43.9 Å². The van der Waals surface area contributed by atoms with Crippen molar-refractivity contribution in [3.63, 3.8) is 0 Å². The van der Waals surface area contributed by atoms with Crippen LogP contribution < -0.4 is 0 Å². The second-order valence-electron chi connectivity index (χ2n) is 4.27. The van der Waals surface area contributed by atoms with Crippen LogP contribution in [0.15, 0.2) is 16.6 Å². The van der Waals surface area contributed by atoms with Crippen molar-refractivity contribution in [2.75, 3.05) is 0 Å². The molecule has 0 radical (unpaired) electrons. The van der Waals surface area contributed by atoms with Crippen LogP contribution in [0.5, 0.6) is 0 Å². The van der Waals surface area contributed by atoms with E-state index in [1.54, 1.807) is 11.6 Å². The molecule has 2 rings (SSSR count). The third-order valence-electron chi connectivity index (χ3n) is 1.78. The van der Waals surface area contributed by atoms with Crippen molar-refractivity contribution in [3.05, 3.63) is 21.7 Å². The molecule has 0 fully saturated rings. The van der Waals surface area contributed by atoms with Crippen LogP contribution in [-0.4, -0.2) is 19.1 Å². The number of aromatic nitrogens is 2. The van der Waals surface area contributed by atoms with Crippen LogP contribution in [-0.2, 0) is 0 Å². The van der Waals surface area contributed by atoms with Crippen molar-refractivity contribution in [1.82, 2.24) is 9.38 Å². The van der Waals surface area contributed by atoms with Gasteiger partial charge in [-0.15, -0.1) is 0 Å². The highest BCUT2D eigenvalue weighted by Gasteiger charge is 2.27. The van der Waals surface area contributed by atoms with Gasteiger partial charge in [0.15, 0.2) is 5.03 Å². The minimum absolute atomic E-state index is 0.0659. The lowest BCUT2D eigenvalue weighted by molar-refractivity contribution is -0.393. The summed E-state index contributed by atoms with van der Waals surface area (Å²) >= 11 is 2.82. The Hall–Kier alpha value is -1.08. The monoisotopic (exact) mass is 257 g/mol. The Kier molecular flexibility index (Phi) is 2.67. The smallest absolute Gasteiger partial charge is 0.358 e. The van der Waals surface area contributed by atoms with E-state index in [0.29, 0.717) is 9.99 Å². The molecule has 0 saturated heterocycles. The van der Waals surface area contributed by atoms with E-state index in [1.807, 2.05) is 20.8 Å². The normalized spacial score (nSPS) is 12.2. The topological polar surface area (TPSA) is 60.4 Å². The minimum Gasteiger partial charge on any atom is -0.358 e. The molecule has 0 aromatic carbocycles. The summed E-state index contributed by atoms with van der Waals surface area (Å²) in [6, 6.07) is 0. The van der Waals surface area contributed by atoms with Crippen molar-refractivity contribution in [3.8, 4) is 0 Å². The van der Waals surface area contributed by atoms with E-state index in [9.17, 15) is 10.1 Å². The molecule has 0 unspecified atom stereocenters. The van der Waals surface area contributed by atoms with E-state index >= 15 is 0 Å². The number of thiazole rings is 1. The molecule has 0 N–H and O–H groups in total. The van der Waals surface area contributed by atoms with Gasteiger partial charge in [0.05, 0.1) is 0 Å². The predicted octanol–water partition coefficient (Wildman–Crippen LogP) is 3.19. The Bertz CT molecular complexity index is 538. The van der Waals surface area contributed by atoms with Gasteiger partial charge in [-0.2, -0.15) is 9.38 Å². The fourth-order valence-corrected chi connectivity index (χ4v) is 3.02. The lowest BCUT2D eigenvalue weighted by Crippen LogP contribution is -2.07. The quantitative estimate of drug-likeness (QED) is 0.471. The molecular formula is C9H11N3O2S2. The molecule has 0 saturated carbocycles. The van der Waals surface area contributed by atoms with E-state index in [0.717, 1.165) is 0 Å². The summed E-state index contributed by atoms with van der Waals surface area (Å²) in [7, 11) is 0. The predicted molar refractivity (Wildman–Crippen MR) is 65.3 cm³/mol. The maximum atomic E-state index is 11.0. The number of imidazole rings is 1. The van der Waals surface area contributed by atoms with E-state index in [2.05, 4.69) is 4.98 Å². The van der Waals surface area contributed by atoms with E-state index in [4.69, 9.17) is 0 Å². The van der Waals surface area contributed by atoms with Crippen LogP contribution in [0.25, 0.3) is 4.96 Å². The third kappa shape index (κ3) is 2.05. The van der Waals surface area contributed by atoms with E-state index in [1.165, 1.54) is 27.5 Å². The van der Waals surface area contributed by atoms with Gasteiger partial charge in [0.25, 0.3) is 4.96 Å². The van der Waals surface area contributed by atoms with Gasteiger partial charge < -0.3 is 10.1 Å². The van der Waals surface area contributed by atoms with Crippen LogP contribution in [0.2, 0.25) is 0 Å². The first-order chi connectivity index (χ1) is 7.38. The first-order valence-corrected chi connectivity index (χ1v) is 6.37. The average Bonchev–Trinajstić information content (AvgIpc) is 2.58. The largest absolute Gasteiger partial charge is 0.362 e. The van der Waals surface area contributed by atoms with Crippen molar-refractivity contribution in [1.29, 1.82) is 0 Å². The fraction of sp³-hybridized carbons (Fsp3) is 0.444. The number of hydrogen-bond acceptors (Lipinski definition) is 5. The average molecular weight is 257 g/mol. The second-order valence-corrected chi connectivity index (χ2v) is 6.96. The zero-order valence-electron chi connectivity index (χ0n) is 9.13. The number of rotatable bonds is 2. The van der Waals surface area contributed by atoms with Crippen LogP contribution in [0.4, 0.5) is 5.82 Å². The van der Waals surface area contributed by atoms with Crippen molar-refractivity contribution in [2.24, 2.45) is 0 Å². The first-order valence-electron chi connectivity index (χ1n) is 4.67. The van der Waals surface area contributed by atoms with Crippen molar-refractivity contribution >= 4 is 33.9 Å². The van der Waals surface area contributed by atoms with Gasteiger partial charge in [-0.3, -0.25) is 0 Å². The van der Waals surface area contributed by atoms with Crippen LogP contribution in [0.1, 0.15) is 20.8 Å². The standard InChI is InChI=1S/C9H11N3O2S2/c1-9(2,3)16-6-7(12(13)14)11-4-5-15-8(11)10-6/h4-5H,1-3H3. The SMILES string of the molecule is CC(C)(C)Sc1nc2sccn2c1[N+](=O)[O-]. The van der Waals surface area contributed by atoms with Crippen molar-refractivity contribution in [2.45, 2.75) is 30.5 Å². The molecule has 0 amide bonds. The van der Waals surface area contributed by atoms with Crippen LogP contribution in [0, 0.1) is 10.1 Å². The second kappa shape index (κ2) is 3.74. The minimum atomic E-state index is -0.374. The number of fused-ring (bicyclic) bond motifs is 1. The third-order valence-corrected chi connectivity index (χ3v) is 3.62. The molecule has 0 bridgehead atoms. The van der Waals surface area contributed by atoms with E-state index < -0.39 is 0 Å². The summed E-state index contributed by atoms with van der Waals surface area (Å²) in [6.07, 6.45) is 1.68. The molecule has 0 atom stereocenters. The molecule has 0 aliphatic rings. The van der Waals surface area contributed by atoms with Gasteiger partial charge in [0.2, 0.25) is 0 Å². The van der Waals surface area contributed by atoms with Crippen LogP contribution in [0.3, 0.4) is 0 Å². The molecule has 2 heterocycles. The summed E-state index contributed by atoms with van der Waals surface area (Å²) < 4.78 is 1.44. The number of nitro groups is 1. The molecule has 2 aromatic rings.